The summed E-state index contributed by atoms with van der Waals surface area (Å²) in [6.45, 7) is 4.21. The Morgan fingerprint density at radius 2 is 1.77 bits per heavy atom. The highest BCUT2D eigenvalue weighted by Crippen LogP contribution is 2.17. The van der Waals surface area contributed by atoms with Crippen molar-refractivity contribution < 1.29 is 9.59 Å². The van der Waals surface area contributed by atoms with Gasteiger partial charge in [0, 0.05) is 18.1 Å². The summed E-state index contributed by atoms with van der Waals surface area (Å²) in [5, 5.41) is 2.89. The fraction of sp³-hybridized carbons (Fsp3) is 0.294. The molecule has 5 heteroatoms. The van der Waals surface area contributed by atoms with Crippen molar-refractivity contribution in [2.45, 2.75) is 19.6 Å². The van der Waals surface area contributed by atoms with Gasteiger partial charge >= 0.3 is 0 Å². The van der Waals surface area contributed by atoms with Crippen molar-refractivity contribution in [2.24, 2.45) is 0 Å². The van der Waals surface area contributed by atoms with E-state index in [1.165, 1.54) is 29.4 Å². The number of thiophene rings is 1. The maximum atomic E-state index is 11.9. The van der Waals surface area contributed by atoms with Crippen LogP contribution in [0.4, 0.5) is 0 Å². The molecule has 0 spiro atoms. The van der Waals surface area contributed by atoms with Crippen LogP contribution in [-0.4, -0.2) is 24.0 Å². The fourth-order valence-electron chi connectivity index (χ4n) is 1.85. The van der Waals surface area contributed by atoms with Crippen LogP contribution < -0.4 is 5.32 Å². The highest BCUT2D eigenvalue weighted by molar-refractivity contribution is 7.98. The Labute approximate surface area is 139 Å². The molecule has 0 saturated heterocycles. The van der Waals surface area contributed by atoms with Gasteiger partial charge in [-0.2, -0.15) is 11.8 Å². The van der Waals surface area contributed by atoms with Gasteiger partial charge in [-0.3, -0.25) is 9.59 Å². The third kappa shape index (κ3) is 5.00. The first kappa shape index (κ1) is 16.8. The molecule has 0 aliphatic heterocycles. The van der Waals surface area contributed by atoms with Crippen LogP contribution in [0.5, 0.6) is 0 Å². The lowest BCUT2D eigenvalue weighted by Crippen LogP contribution is -2.24. The second-order valence-electron chi connectivity index (χ2n) is 5.01. The quantitative estimate of drug-likeness (QED) is 0.617. The van der Waals surface area contributed by atoms with Gasteiger partial charge < -0.3 is 5.32 Å². The standard InChI is InChI=1S/C17H19NO2S2/c1-12-3-5-14(6-4-12)11-21-10-9-18-17(20)16-8-7-15(22-16)13(2)19/h3-8H,9-11H2,1-2H3,(H,18,20). The van der Waals surface area contributed by atoms with Gasteiger partial charge in [0.15, 0.2) is 5.78 Å². The number of carbonyl (C=O) groups excluding carboxylic acids is 2. The average Bonchev–Trinajstić information content (AvgIpc) is 2.99. The zero-order chi connectivity index (χ0) is 15.9. The number of carbonyl (C=O) groups is 2. The predicted molar refractivity (Wildman–Crippen MR) is 94.0 cm³/mol. The number of aryl methyl sites for hydroxylation is 1. The molecule has 1 aromatic carbocycles. The molecule has 1 amide bonds. The molecule has 116 valence electrons. The van der Waals surface area contributed by atoms with E-state index in [2.05, 4.69) is 36.5 Å². The number of amides is 1. The molecule has 2 aromatic rings. The van der Waals surface area contributed by atoms with Gasteiger partial charge in [0.1, 0.15) is 0 Å². The molecule has 0 atom stereocenters. The molecule has 0 aliphatic rings. The SMILES string of the molecule is CC(=O)c1ccc(C(=O)NCCSCc2ccc(C)cc2)s1. The van der Waals surface area contributed by atoms with Gasteiger partial charge in [-0.05, 0) is 31.5 Å². The van der Waals surface area contributed by atoms with Gasteiger partial charge in [-0.25, -0.2) is 0 Å². The number of benzene rings is 1. The highest BCUT2D eigenvalue weighted by Gasteiger charge is 2.10. The Balaban J connectivity index is 1.68. The third-order valence-electron chi connectivity index (χ3n) is 3.10. The summed E-state index contributed by atoms with van der Waals surface area (Å²) in [7, 11) is 0. The number of hydrogen-bond acceptors (Lipinski definition) is 4. The van der Waals surface area contributed by atoms with Crippen LogP contribution in [0.25, 0.3) is 0 Å². The van der Waals surface area contributed by atoms with Crippen molar-refractivity contribution in [3.05, 3.63) is 57.3 Å². The van der Waals surface area contributed by atoms with Gasteiger partial charge in [-0.1, -0.05) is 29.8 Å². The molecule has 3 nitrogen and oxygen atoms in total. The Morgan fingerprint density at radius 3 is 2.41 bits per heavy atom. The van der Waals surface area contributed by atoms with E-state index in [1.54, 1.807) is 23.9 Å². The van der Waals surface area contributed by atoms with Crippen LogP contribution in [0.1, 0.15) is 37.4 Å². The maximum absolute atomic E-state index is 11.9. The number of rotatable bonds is 7. The number of Topliss-reactive ketones (excluding diaryl/α,β-unsaturated/α-hetero) is 1. The lowest BCUT2D eigenvalue weighted by Gasteiger charge is -2.04. The number of hydrogen-bond donors (Lipinski definition) is 1. The smallest absolute Gasteiger partial charge is 0.261 e. The minimum atomic E-state index is -0.103. The van der Waals surface area contributed by atoms with E-state index in [4.69, 9.17) is 0 Å². The Kier molecular flexibility index (Phi) is 6.21. The van der Waals surface area contributed by atoms with Gasteiger partial charge in [0.25, 0.3) is 5.91 Å². The van der Waals surface area contributed by atoms with E-state index in [-0.39, 0.29) is 11.7 Å². The van der Waals surface area contributed by atoms with Crippen molar-refractivity contribution in [2.75, 3.05) is 12.3 Å². The summed E-state index contributed by atoms with van der Waals surface area (Å²) >= 11 is 3.04. The van der Waals surface area contributed by atoms with Crippen molar-refractivity contribution in [1.29, 1.82) is 0 Å². The Bertz CT molecular complexity index is 647. The van der Waals surface area contributed by atoms with Crippen molar-refractivity contribution in [1.82, 2.24) is 5.32 Å². The monoisotopic (exact) mass is 333 g/mol. The van der Waals surface area contributed by atoms with E-state index >= 15 is 0 Å². The van der Waals surface area contributed by atoms with Gasteiger partial charge in [-0.15, -0.1) is 11.3 Å². The molecule has 0 fully saturated rings. The number of thioether (sulfide) groups is 1. The first-order valence-electron chi connectivity index (χ1n) is 7.08. The van der Waals surface area contributed by atoms with Crippen LogP contribution in [0.2, 0.25) is 0 Å². The summed E-state index contributed by atoms with van der Waals surface area (Å²) in [6, 6.07) is 11.9. The summed E-state index contributed by atoms with van der Waals surface area (Å²) in [5.41, 5.74) is 2.56. The van der Waals surface area contributed by atoms with E-state index < -0.39 is 0 Å². The first-order valence-corrected chi connectivity index (χ1v) is 9.05. The van der Waals surface area contributed by atoms with E-state index in [0.717, 1.165) is 11.5 Å². The van der Waals surface area contributed by atoms with Gasteiger partial charge in [0.05, 0.1) is 9.75 Å². The minimum Gasteiger partial charge on any atom is -0.351 e. The largest absolute Gasteiger partial charge is 0.351 e. The normalized spacial score (nSPS) is 10.5. The summed E-state index contributed by atoms with van der Waals surface area (Å²) in [5.74, 6) is 1.71. The molecular weight excluding hydrogens is 314 g/mol. The van der Waals surface area contributed by atoms with Crippen LogP contribution >= 0.6 is 23.1 Å². The lowest BCUT2D eigenvalue weighted by molar-refractivity contribution is 0.0959. The first-order chi connectivity index (χ1) is 10.6. The van der Waals surface area contributed by atoms with Gasteiger partial charge in [0.2, 0.25) is 0 Å². The van der Waals surface area contributed by atoms with Crippen LogP contribution in [0, 0.1) is 6.92 Å². The van der Waals surface area contributed by atoms with E-state index in [0.29, 0.717) is 16.3 Å². The minimum absolute atomic E-state index is 0.00213. The molecule has 1 heterocycles. The molecule has 0 aliphatic carbocycles. The van der Waals surface area contributed by atoms with E-state index in [1.807, 2.05) is 0 Å². The third-order valence-corrected chi connectivity index (χ3v) is 5.31. The second-order valence-corrected chi connectivity index (χ2v) is 7.20. The molecule has 1 aromatic heterocycles. The summed E-state index contributed by atoms with van der Waals surface area (Å²) in [6.07, 6.45) is 0. The Morgan fingerprint density at radius 1 is 1.09 bits per heavy atom. The van der Waals surface area contributed by atoms with Crippen molar-refractivity contribution in [3.63, 3.8) is 0 Å². The zero-order valence-electron chi connectivity index (χ0n) is 12.7. The van der Waals surface area contributed by atoms with Crippen LogP contribution in [0.3, 0.4) is 0 Å². The molecule has 0 radical (unpaired) electrons. The zero-order valence-corrected chi connectivity index (χ0v) is 14.4. The number of ketones is 1. The summed E-state index contributed by atoms with van der Waals surface area (Å²) < 4.78 is 0. The maximum Gasteiger partial charge on any atom is 0.261 e. The molecule has 0 unspecified atom stereocenters. The summed E-state index contributed by atoms with van der Waals surface area (Å²) in [4.78, 5) is 24.4. The molecule has 2 rings (SSSR count). The second kappa shape index (κ2) is 8.15. The molecule has 22 heavy (non-hydrogen) atoms. The van der Waals surface area contributed by atoms with Crippen LogP contribution in [-0.2, 0) is 5.75 Å². The predicted octanol–water partition coefficient (Wildman–Crippen LogP) is 3.92. The highest BCUT2D eigenvalue weighted by atomic mass is 32.2. The topological polar surface area (TPSA) is 46.2 Å². The van der Waals surface area contributed by atoms with E-state index in [9.17, 15) is 9.59 Å². The fourth-order valence-corrected chi connectivity index (χ4v) is 3.48. The lowest BCUT2D eigenvalue weighted by atomic mass is 10.2. The number of nitrogens with one attached hydrogen (secondary N) is 1. The van der Waals surface area contributed by atoms with Crippen molar-refractivity contribution >= 4 is 34.8 Å². The average molecular weight is 333 g/mol. The Hall–Kier alpha value is -1.59. The molecule has 1 N–H and O–H groups in total. The molecular formula is C17H19NO2S2. The molecule has 0 bridgehead atoms. The molecule has 0 saturated carbocycles. The van der Waals surface area contributed by atoms with Crippen LogP contribution in [0.15, 0.2) is 36.4 Å². The van der Waals surface area contributed by atoms with Crippen molar-refractivity contribution in [3.8, 4) is 0 Å².